The number of carbonyl (C=O) groups excluding carboxylic acids is 2. The lowest BCUT2D eigenvalue weighted by Gasteiger charge is -2.36. The minimum atomic E-state index is -4.86. The Hall–Kier alpha value is -3.39. The molecule has 3 heterocycles. The highest BCUT2D eigenvalue weighted by Crippen LogP contribution is 2.21. The summed E-state index contributed by atoms with van der Waals surface area (Å²) in [6.45, 7) is 1.18. The number of halogens is 3. The van der Waals surface area contributed by atoms with Crippen molar-refractivity contribution in [2.24, 2.45) is 5.73 Å². The Balaban J connectivity index is 1.33. The first-order chi connectivity index (χ1) is 17.1. The van der Waals surface area contributed by atoms with E-state index < -0.39 is 24.5 Å². The lowest BCUT2D eigenvalue weighted by Crippen LogP contribution is -2.54. The first-order valence-electron chi connectivity index (χ1n) is 11.3. The predicted octanol–water partition coefficient (Wildman–Crippen LogP) is 0.228. The molecule has 0 spiro atoms. The lowest BCUT2D eigenvalue weighted by molar-refractivity contribution is -0.216. The molecule has 0 bridgehead atoms. The summed E-state index contributed by atoms with van der Waals surface area (Å²) in [7, 11) is 0. The number of benzene rings is 1. The summed E-state index contributed by atoms with van der Waals surface area (Å²) >= 11 is 0. The minimum Gasteiger partial charge on any atom is -0.377 e. The predicted molar refractivity (Wildman–Crippen MR) is 122 cm³/mol. The molecule has 1 aromatic carbocycles. The highest BCUT2D eigenvalue weighted by atomic mass is 19.4. The molecule has 0 aliphatic carbocycles. The number of ether oxygens (including phenoxy) is 1. The van der Waals surface area contributed by atoms with E-state index in [0.717, 1.165) is 0 Å². The van der Waals surface area contributed by atoms with Gasteiger partial charge in [-0.1, -0.05) is 12.1 Å². The molecule has 1 saturated heterocycles. The fourth-order valence-corrected chi connectivity index (χ4v) is 3.98. The number of carbonyl (C=O) groups is 2. The van der Waals surface area contributed by atoms with E-state index in [4.69, 9.17) is 15.6 Å². The lowest BCUT2D eigenvalue weighted by atomic mass is 10.1. The van der Waals surface area contributed by atoms with Crippen LogP contribution in [0.25, 0.3) is 0 Å². The second-order valence-corrected chi connectivity index (χ2v) is 8.47. The summed E-state index contributed by atoms with van der Waals surface area (Å²) in [6.07, 6.45) is 0.134. The maximum atomic E-state index is 13.2. The van der Waals surface area contributed by atoms with E-state index in [0.29, 0.717) is 18.7 Å². The third kappa shape index (κ3) is 5.87. The van der Waals surface area contributed by atoms with Crippen molar-refractivity contribution in [1.29, 1.82) is 0 Å². The second-order valence-electron chi connectivity index (χ2n) is 8.47. The Morgan fingerprint density at radius 3 is 2.75 bits per heavy atom. The van der Waals surface area contributed by atoms with Crippen molar-refractivity contribution in [3.05, 3.63) is 71.7 Å². The average molecular weight is 509 g/mol. The minimum absolute atomic E-state index is 0.00671. The highest BCUT2D eigenvalue weighted by molar-refractivity contribution is 5.97. The third-order valence-electron chi connectivity index (χ3n) is 5.99. The van der Waals surface area contributed by atoms with Gasteiger partial charge in [0.25, 0.3) is 11.8 Å². The van der Waals surface area contributed by atoms with E-state index >= 15 is 0 Å². The second kappa shape index (κ2) is 10.7. The number of alkyl halides is 3. The molecule has 10 nitrogen and oxygen atoms in total. The molecule has 1 aromatic rings. The van der Waals surface area contributed by atoms with Gasteiger partial charge >= 0.3 is 6.18 Å². The van der Waals surface area contributed by atoms with Gasteiger partial charge < -0.3 is 36.0 Å². The van der Waals surface area contributed by atoms with Crippen LogP contribution in [0.1, 0.15) is 22.1 Å². The fourth-order valence-electron chi connectivity index (χ4n) is 3.98. The van der Waals surface area contributed by atoms with Gasteiger partial charge in [-0.15, -0.1) is 0 Å². The standard InChI is InChI=1S/C23H27F3N6O4/c24-23(25,26)22(35)30-19(27)14-1-3-15(4-2-14)20(33)29-11-17-13-36-10-9-32(17)21(34)16-5-6-18-28-7-8-31(18)12-16/h1-8,12,17-19,22,28,30,35H,9-11,13,27H2,(H,29,33). The molecule has 6 N–H and O–H groups in total. The number of hydrogen-bond acceptors (Lipinski definition) is 8. The van der Waals surface area contributed by atoms with Gasteiger partial charge in [0.2, 0.25) is 6.23 Å². The van der Waals surface area contributed by atoms with Crippen LogP contribution in [0.4, 0.5) is 13.2 Å². The van der Waals surface area contributed by atoms with E-state index in [1.807, 2.05) is 22.5 Å². The summed E-state index contributed by atoms with van der Waals surface area (Å²) in [4.78, 5) is 29.4. The molecule has 4 unspecified atom stereocenters. The Morgan fingerprint density at radius 1 is 1.28 bits per heavy atom. The van der Waals surface area contributed by atoms with Gasteiger partial charge in [-0.25, -0.2) is 0 Å². The Bertz CT molecular complexity index is 1060. The number of hydrogen-bond donors (Lipinski definition) is 5. The molecule has 4 rings (SSSR count). The number of nitrogens with two attached hydrogens (primary N) is 1. The number of morpholine rings is 1. The van der Waals surface area contributed by atoms with Crippen LogP contribution < -0.4 is 21.7 Å². The smallest absolute Gasteiger partial charge is 0.377 e. The van der Waals surface area contributed by atoms with Crippen LogP contribution in [0.5, 0.6) is 0 Å². The van der Waals surface area contributed by atoms with Gasteiger partial charge in [0.1, 0.15) is 6.17 Å². The normalized spacial score (nSPS) is 23.0. The van der Waals surface area contributed by atoms with Crippen LogP contribution in [-0.4, -0.2) is 77.6 Å². The zero-order chi connectivity index (χ0) is 25.9. The Labute approximate surface area is 205 Å². The summed E-state index contributed by atoms with van der Waals surface area (Å²) < 4.78 is 43.0. The molecule has 0 aromatic heterocycles. The van der Waals surface area contributed by atoms with Crippen molar-refractivity contribution in [1.82, 2.24) is 25.8 Å². The molecule has 0 radical (unpaired) electrons. The van der Waals surface area contributed by atoms with Gasteiger partial charge in [-0.3, -0.25) is 14.9 Å². The van der Waals surface area contributed by atoms with E-state index in [1.165, 1.54) is 24.3 Å². The Morgan fingerprint density at radius 2 is 2.03 bits per heavy atom. The Kier molecular flexibility index (Phi) is 7.64. The fraction of sp³-hybridized carbons (Fsp3) is 0.391. The van der Waals surface area contributed by atoms with Gasteiger partial charge in [0.15, 0.2) is 0 Å². The number of rotatable bonds is 7. The van der Waals surface area contributed by atoms with Crippen molar-refractivity contribution < 1.29 is 32.6 Å². The zero-order valence-corrected chi connectivity index (χ0v) is 19.1. The average Bonchev–Trinajstić information content (AvgIpc) is 3.34. The monoisotopic (exact) mass is 508 g/mol. The number of aliphatic hydroxyl groups is 1. The SMILES string of the molecule is NC(NC(O)C(F)(F)F)c1ccc(C(=O)NCC2COCCN2C(=O)C2=CN3C=CNC3C=C2)cc1. The molecule has 1 fully saturated rings. The molecule has 2 amide bonds. The molecule has 4 atom stereocenters. The zero-order valence-electron chi connectivity index (χ0n) is 19.1. The molecule has 13 heteroatoms. The quantitative estimate of drug-likeness (QED) is 0.331. The van der Waals surface area contributed by atoms with Crippen molar-refractivity contribution in [2.75, 3.05) is 26.3 Å². The molecule has 0 saturated carbocycles. The van der Waals surface area contributed by atoms with Crippen LogP contribution in [0.15, 0.2) is 60.6 Å². The van der Waals surface area contributed by atoms with Crippen LogP contribution in [-0.2, 0) is 9.53 Å². The van der Waals surface area contributed by atoms with Crippen LogP contribution >= 0.6 is 0 Å². The van der Waals surface area contributed by atoms with E-state index in [9.17, 15) is 22.8 Å². The van der Waals surface area contributed by atoms with Crippen molar-refractivity contribution >= 4 is 11.8 Å². The van der Waals surface area contributed by atoms with E-state index in [-0.39, 0.29) is 42.4 Å². The number of aliphatic hydroxyl groups excluding tert-OH is 1. The number of fused-ring (bicyclic) bond motifs is 1. The van der Waals surface area contributed by atoms with Gasteiger partial charge in [-0.2, -0.15) is 13.2 Å². The number of amides is 2. The number of nitrogens with one attached hydrogen (secondary N) is 3. The van der Waals surface area contributed by atoms with Crippen molar-refractivity contribution in [3.8, 4) is 0 Å². The van der Waals surface area contributed by atoms with Crippen molar-refractivity contribution in [3.63, 3.8) is 0 Å². The summed E-state index contributed by atoms with van der Waals surface area (Å²) in [5.41, 5.74) is 6.70. The molecular formula is C23H27F3N6O4. The topological polar surface area (TPSA) is 132 Å². The number of nitrogens with zero attached hydrogens (tertiary/aromatic N) is 2. The molecule has 3 aliphatic heterocycles. The highest BCUT2D eigenvalue weighted by Gasteiger charge is 2.39. The van der Waals surface area contributed by atoms with E-state index in [1.54, 1.807) is 23.4 Å². The van der Waals surface area contributed by atoms with Crippen molar-refractivity contribution in [2.45, 2.75) is 30.8 Å². The summed E-state index contributed by atoms with van der Waals surface area (Å²) in [5.74, 6) is -0.594. The van der Waals surface area contributed by atoms with Gasteiger partial charge in [0.05, 0.1) is 31.0 Å². The van der Waals surface area contributed by atoms with Crippen LogP contribution in [0.3, 0.4) is 0 Å². The summed E-state index contributed by atoms with van der Waals surface area (Å²) in [5, 5.41) is 16.9. The largest absolute Gasteiger partial charge is 0.428 e. The molecular weight excluding hydrogens is 481 g/mol. The van der Waals surface area contributed by atoms with Gasteiger partial charge in [0, 0.05) is 37.3 Å². The maximum Gasteiger partial charge on any atom is 0.428 e. The van der Waals surface area contributed by atoms with E-state index in [2.05, 4.69) is 10.6 Å². The molecule has 194 valence electrons. The van der Waals surface area contributed by atoms with Gasteiger partial charge in [-0.05, 0) is 29.8 Å². The third-order valence-corrected chi connectivity index (χ3v) is 5.99. The summed E-state index contributed by atoms with van der Waals surface area (Å²) in [6, 6.07) is 5.24. The first-order valence-corrected chi connectivity index (χ1v) is 11.3. The van der Waals surface area contributed by atoms with Crippen LogP contribution in [0, 0.1) is 0 Å². The molecule has 3 aliphatic rings. The maximum absolute atomic E-state index is 13.2. The molecule has 36 heavy (non-hydrogen) atoms. The van der Waals surface area contributed by atoms with Crippen LogP contribution in [0.2, 0.25) is 0 Å². The first kappa shape index (κ1) is 25.7.